The normalized spacial score (nSPS) is 13.3. The SMILES string of the molecule is CC(CCO)(C(=O)Nc1nc(-c2cc(-c3ccon3)n(Cc3ccccc3F)n2)ncc1F)S(C)(=O)=O. The summed E-state index contributed by atoms with van der Waals surface area (Å²) in [5.41, 5.74) is 1.31. The van der Waals surface area contributed by atoms with E-state index in [1.54, 1.807) is 24.3 Å². The number of amides is 1. The van der Waals surface area contributed by atoms with Gasteiger partial charge in [0.2, 0.25) is 5.91 Å². The first kappa shape index (κ1) is 26.0. The minimum absolute atomic E-state index is 0.0214. The van der Waals surface area contributed by atoms with Crippen molar-refractivity contribution in [1.82, 2.24) is 24.9 Å². The van der Waals surface area contributed by atoms with E-state index >= 15 is 0 Å². The number of hydrogen-bond donors (Lipinski definition) is 2. The van der Waals surface area contributed by atoms with Crippen LogP contribution in [0.5, 0.6) is 0 Å². The molecule has 1 aromatic carbocycles. The van der Waals surface area contributed by atoms with Gasteiger partial charge in [0.15, 0.2) is 27.3 Å². The Balaban J connectivity index is 1.72. The van der Waals surface area contributed by atoms with Crippen molar-refractivity contribution in [2.75, 3.05) is 18.2 Å². The molecule has 0 radical (unpaired) electrons. The number of carbonyl (C=O) groups is 1. The second-order valence-electron chi connectivity index (χ2n) is 8.37. The molecule has 194 valence electrons. The number of sulfone groups is 1. The van der Waals surface area contributed by atoms with Crippen LogP contribution in [0.4, 0.5) is 14.6 Å². The lowest BCUT2D eigenvalue weighted by Gasteiger charge is -2.25. The number of anilines is 1. The molecule has 0 saturated heterocycles. The Hall–Kier alpha value is -4.04. The van der Waals surface area contributed by atoms with Gasteiger partial charge in [-0.05, 0) is 25.5 Å². The third kappa shape index (κ3) is 5.24. The number of benzene rings is 1. The van der Waals surface area contributed by atoms with E-state index in [2.05, 4.69) is 25.5 Å². The van der Waals surface area contributed by atoms with Crippen molar-refractivity contribution in [3.8, 4) is 22.9 Å². The Bertz CT molecular complexity index is 1540. The molecule has 1 atom stereocenters. The van der Waals surface area contributed by atoms with Gasteiger partial charge in [-0.25, -0.2) is 27.2 Å². The number of nitrogens with one attached hydrogen (secondary N) is 1. The van der Waals surface area contributed by atoms with Crippen LogP contribution in [0.25, 0.3) is 22.9 Å². The van der Waals surface area contributed by atoms with Crippen molar-refractivity contribution < 1.29 is 31.6 Å². The summed E-state index contributed by atoms with van der Waals surface area (Å²) in [5, 5.41) is 19.8. The van der Waals surface area contributed by atoms with Gasteiger partial charge in [0.25, 0.3) is 0 Å². The first-order chi connectivity index (χ1) is 17.5. The molecule has 2 N–H and O–H groups in total. The van der Waals surface area contributed by atoms with Crippen molar-refractivity contribution >= 4 is 21.6 Å². The molecule has 0 fully saturated rings. The van der Waals surface area contributed by atoms with Gasteiger partial charge in [-0.3, -0.25) is 9.48 Å². The van der Waals surface area contributed by atoms with Gasteiger partial charge in [0.05, 0.1) is 18.4 Å². The number of hydrogen-bond acceptors (Lipinski definition) is 9. The first-order valence-electron chi connectivity index (χ1n) is 10.9. The molecule has 11 nitrogen and oxygen atoms in total. The van der Waals surface area contributed by atoms with E-state index in [0.717, 1.165) is 19.4 Å². The van der Waals surface area contributed by atoms with Crippen LogP contribution in [-0.4, -0.2) is 61.9 Å². The summed E-state index contributed by atoms with van der Waals surface area (Å²) in [6.07, 6.45) is 2.59. The molecular formula is C23H22F2N6O5S. The summed E-state index contributed by atoms with van der Waals surface area (Å²) >= 11 is 0. The Morgan fingerprint density at radius 1 is 1.19 bits per heavy atom. The molecule has 37 heavy (non-hydrogen) atoms. The number of halogens is 2. The second-order valence-corrected chi connectivity index (χ2v) is 10.8. The zero-order valence-electron chi connectivity index (χ0n) is 19.7. The third-order valence-electron chi connectivity index (χ3n) is 5.85. The lowest BCUT2D eigenvalue weighted by molar-refractivity contribution is -0.118. The van der Waals surface area contributed by atoms with E-state index in [1.165, 1.54) is 23.1 Å². The molecule has 0 aliphatic rings. The van der Waals surface area contributed by atoms with Gasteiger partial charge in [-0.1, -0.05) is 23.4 Å². The maximum Gasteiger partial charge on any atom is 0.246 e. The van der Waals surface area contributed by atoms with E-state index in [1.807, 2.05) is 0 Å². The van der Waals surface area contributed by atoms with Crippen LogP contribution in [0, 0.1) is 11.6 Å². The molecule has 0 saturated carbocycles. The highest BCUT2D eigenvalue weighted by Crippen LogP contribution is 2.27. The summed E-state index contributed by atoms with van der Waals surface area (Å²) < 4.78 is 57.6. The number of carbonyl (C=O) groups excluding carboxylic acids is 1. The standard InChI is InChI=1S/C23H22F2N6O5S/c1-23(8-9-32,37(2,34)35)22(33)28-20-16(25)12-26-21(27-20)18-11-19(17-7-10-36-30-17)31(29-18)13-14-5-3-4-6-15(14)24/h3-7,10-12,32H,8-9,13H2,1-2H3,(H,26,27,28,33). The van der Waals surface area contributed by atoms with Crippen LogP contribution >= 0.6 is 0 Å². The highest BCUT2D eigenvalue weighted by molar-refractivity contribution is 7.92. The monoisotopic (exact) mass is 532 g/mol. The minimum Gasteiger partial charge on any atom is -0.396 e. The second kappa shape index (κ2) is 10.1. The molecule has 3 heterocycles. The summed E-state index contributed by atoms with van der Waals surface area (Å²) in [6.45, 7) is 0.564. The number of nitrogens with zero attached hydrogens (tertiary/aromatic N) is 5. The molecule has 14 heteroatoms. The van der Waals surface area contributed by atoms with Gasteiger partial charge in [-0.2, -0.15) is 5.10 Å². The van der Waals surface area contributed by atoms with Crippen LogP contribution in [0.3, 0.4) is 0 Å². The zero-order valence-corrected chi connectivity index (χ0v) is 20.5. The predicted octanol–water partition coefficient (Wildman–Crippen LogP) is 2.45. The van der Waals surface area contributed by atoms with Crippen molar-refractivity contribution in [3.63, 3.8) is 0 Å². The molecule has 1 amide bonds. The topological polar surface area (TPSA) is 153 Å². The largest absolute Gasteiger partial charge is 0.396 e. The molecule has 4 aromatic rings. The number of aliphatic hydroxyl groups excluding tert-OH is 1. The highest BCUT2D eigenvalue weighted by Gasteiger charge is 2.43. The lowest BCUT2D eigenvalue weighted by Crippen LogP contribution is -2.47. The Morgan fingerprint density at radius 2 is 1.95 bits per heavy atom. The summed E-state index contributed by atoms with van der Waals surface area (Å²) in [5.74, 6) is -3.20. The Kier molecular flexibility index (Phi) is 7.14. The van der Waals surface area contributed by atoms with Crippen molar-refractivity contribution in [1.29, 1.82) is 0 Å². The average molecular weight is 533 g/mol. The maximum absolute atomic E-state index is 14.5. The van der Waals surface area contributed by atoms with Crippen LogP contribution in [0.1, 0.15) is 18.9 Å². The Labute approximate surface area is 210 Å². The first-order valence-corrected chi connectivity index (χ1v) is 12.8. The lowest BCUT2D eigenvalue weighted by atomic mass is 10.1. The van der Waals surface area contributed by atoms with E-state index in [-0.39, 0.29) is 18.1 Å². The van der Waals surface area contributed by atoms with Crippen molar-refractivity contribution in [2.24, 2.45) is 0 Å². The van der Waals surface area contributed by atoms with Crippen LogP contribution in [-0.2, 0) is 21.2 Å². The van der Waals surface area contributed by atoms with Gasteiger partial charge < -0.3 is 14.9 Å². The van der Waals surface area contributed by atoms with E-state index in [0.29, 0.717) is 17.0 Å². The number of aromatic nitrogens is 5. The van der Waals surface area contributed by atoms with Gasteiger partial charge >= 0.3 is 0 Å². The van der Waals surface area contributed by atoms with Crippen molar-refractivity contribution in [3.05, 3.63) is 66.1 Å². The average Bonchev–Trinajstić information content (AvgIpc) is 3.51. The zero-order chi connectivity index (χ0) is 26.8. The van der Waals surface area contributed by atoms with Gasteiger partial charge in [0, 0.05) is 24.5 Å². The molecule has 4 rings (SSSR count). The van der Waals surface area contributed by atoms with Crippen molar-refractivity contribution in [2.45, 2.75) is 24.6 Å². The minimum atomic E-state index is -3.98. The molecule has 0 aliphatic carbocycles. The summed E-state index contributed by atoms with van der Waals surface area (Å²) in [7, 11) is -3.98. The molecule has 0 bridgehead atoms. The maximum atomic E-state index is 14.5. The number of aliphatic hydroxyl groups is 1. The van der Waals surface area contributed by atoms with E-state index in [9.17, 15) is 27.1 Å². The smallest absolute Gasteiger partial charge is 0.246 e. The fourth-order valence-corrected chi connectivity index (χ4v) is 4.33. The molecule has 1 unspecified atom stereocenters. The number of rotatable bonds is 9. The predicted molar refractivity (Wildman–Crippen MR) is 128 cm³/mol. The quantitative estimate of drug-likeness (QED) is 0.331. The molecular weight excluding hydrogens is 510 g/mol. The summed E-state index contributed by atoms with van der Waals surface area (Å²) in [6, 6.07) is 9.25. The molecule has 0 aliphatic heterocycles. The van der Waals surface area contributed by atoms with Gasteiger partial charge in [-0.15, -0.1) is 0 Å². The highest BCUT2D eigenvalue weighted by atomic mass is 32.2. The van der Waals surface area contributed by atoms with Crippen LogP contribution in [0.15, 0.2) is 53.4 Å². The Morgan fingerprint density at radius 3 is 2.59 bits per heavy atom. The summed E-state index contributed by atoms with van der Waals surface area (Å²) in [4.78, 5) is 20.8. The fourth-order valence-electron chi connectivity index (χ4n) is 3.48. The van der Waals surface area contributed by atoms with Crippen LogP contribution in [0.2, 0.25) is 0 Å². The van der Waals surface area contributed by atoms with Gasteiger partial charge in [0.1, 0.15) is 28.2 Å². The fraction of sp³-hybridized carbons (Fsp3) is 0.261. The van der Waals surface area contributed by atoms with E-state index < -0.39 is 51.0 Å². The molecule has 0 spiro atoms. The molecule has 3 aromatic heterocycles. The third-order valence-corrected chi connectivity index (χ3v) is 7.88. The van der Waals surface area contributed by atoms with E-state index in [4.69, 9.17) is 4.52 Å². The van der Waals surface area contributed by atoms with Crippen LogP contribution < -0.4 is 5.32 Å².